The highest BCUT2D eigenvalue weighted by molar-refractivity contribution is 5.97. The Morgan fingerprint density at radius 3 is 2.38 bits per heavy atom. The van der Waals surface area contributed by atoms with Gasteiger partial charge in [0, 0.05) is 11.3 Å². The number of nitrogens with zero attached hydrogens (tertiary/aromatic N) is 2. The molecule has 1 aromatic heterocycles. The van der Waals surface area contributed by atoms with E-state index in [1.807, 2.05) is 0 Å². The Labute approximate surface area is 182 Å². The number of aromatic nitrogens is 2. The fourth-order valence-electron chi connectivity index (χ4n) is 3.67. The number of rotatable bonds is 5. The average Bonchev–Trinajstić information content (AvgIpc) is 3.16. The molecule has 1 atom stereocenters. The van der Waals surface area contributed by atoms with E-state index in [4.69, 9.17) is 4.74 Å². The van der Waals surface area contributed by atoms with E-state index in [-0.39, 0.29) is 11.5 Å². The molecule has 1 N–H and O–H groups in total. The maximum Gasteiger partial charge on any atom is 0.359 e. The van der Waals surface area contributed by atoms with E-state index in [0.29, 0.717) is 18.5 Å². The van der Waals surface area contributed by atoms with Crippen LogP contribution in [0.4, 0.5) is 18.9 Å². The number of amides is 1. The summed E-state index contributed by atoms with van der Waals surface area (Å²) >= 11 is 0. The highest BCUT2D eigenvalue weighted by atomic mass is 19.1. The fraction of sp³-hybridized carbons (Fsp3) is 0.261. The van der Waals surface area contributed by atoms with Gasteiger partial charge in [0.05, 0.1) is 5.69 Å². The SMILES string of the molecule is CC(OC(=O)c1nn(-c2ccc(F)cc2)c2c1CCCC2)C(=O)Nc1c(F)cccc1F. The second-order valence-corrected chi connectivity index (χ2v) is 7.50. The van der Waals surface area contributed by atoms with Crippen molar-refractivity contribution in [3.63, 3.8) is 0 Å². The summed E-state index contributed by atoms with van der Waals surface area (Å²) in [6.07, 6.45) is 1.76. The number of carbonyl (C=O) groups is 2. The number of carbonyl (C=O) groups excluding carboxylic acids is 2. The van der Waals surface area contributed by atoms with Crippen molar-refractivity contribution in [3.8, 4) is 5.69 Å². The normalized spacial score (nSPS) is 13.9. The number of benzene rings is 2. The van der Waals surface area contributed by atoms with Crippen molar-refractivity contribution in [1.29, 1.82) is 0 Å². The number of nitrogens with one attached hydrogen (secondary N) is 1. The summed E-state index contributed by atoms with van der Waals surface area (Å²) in [5.41, 5.74) is 1.61. The van der Waals surface area contributed by atoms with Gasteiger partial charge < -0.3 is 10.1 Å². The van der Waals surface area contributed by atoms with Crippen LogP contribution in [-0.4, -0.2) is 27.8 Å². The number of hydrogen-bond donors (Lipinski definition) is 1. The average molecular weight is 443 g/mol. The van der Waals surface area contributed by atoms with E-state index < -0.39 is 35.3 Å². The van der Waals surface area contributed by atoms with E-state index in [0.717, 1.165) is 36.2 Å². The molecular weight excluding hydrogens is 423 g/mol. The van der Waals surface area contributed by atoms with Crippen LogP contribution in [0.3, 0.4) is 0 Å². The van der Waals surface area contributed by atoms with E-state index in [1.54, 1.807) is 16.8 Å². The lowest BCUT2D eigenvalue weighted by Crippen LogP contribution is -2.31. The molecule has 0 saturated carbocycles. The van der Waals surface area contributed by atoms with Gasteiger partial charge in [0.2, 0.25) is 0 Å². The van der Waals surface area contributed by atoms with E-state index >= 15 is 0 Å². The summed E-state index contributed by atoms with van der Waals surface area (Å²) in [4.78, 5) is 25.2. The largest absolute Gasteiger partial charge is 0.448 e. The minimum absolute atomic E-state index is 0.0701. The van der Waals surface area contributed by atoms with Crippen LogP contribution in [0.25, 0.3) is 5.69 Å². The lowest BCUT2D eigenvalue weighted by atomic mass is 9.95. The van der Waals surface area contributed by atoms with Crippen LogP contribution in [-0.2, 0) is 22.4 Å². The first-order valence-electron chi connectivity index (χ1n) is 10.2. The Balaban J connectivity index is 1.55. The molecule has 1 unspecified atom stereocenters. The number of fused-ring (bicyclic) bond motifs is 1. The zero-order valence-corrected chi connectivity index (χ0v) is 17.2. The molecular formula is C23H20F3N3O3. The summed E-state index contributed by atoms with van der Waals surface area (Å²) in [5.74, 6) is -3.97. The lowest BCUT2D eigenvalue weighted by molar-refractivity contribution is -0.123. The molecule has 1 aliphatic rings. The zero-order chi connectivity index (χ0) is 22.8. The molecule has 0 fully saturated rings. The zero-order valence-electron chi connectivity index (χ0n) is 17.2. The molecule has 166 valence electrons. The van der Waals surface area contributed by atoms with Crippen LogP contribution in [0.15, 0.2) is 42.5 Å². The van der Waals surface area contributed by atoms with Crippen LogP contribution < -0.4 is 5.32 Å². The summed E-state index contributed by atoms with van der Waals surface area (Å²) in [6.45, 7) is 1.30. The van der Waals surface area contributed by atoms with Gasteiger partial charge in [-0.2, -0.15) is 5.10 Å². The van der Waals surface area contributed by atoms with Gasteiger partial charge in [-0.05, 0) is 69.0 Å². The molecule has 3 aromatic rings. The monoisotopic (exact) mass is 443 g/mol. The molecule has 2 aromatic carbocycles. The molecule has 1 amide bonds. The molecule has 0 bridgehead atoms. The maximum absolute atomic E-state index is 13.8. The summed E-state index contributed by atoms with van der Waals surface area (Å²) < 4.78 is 47.7. The van der Waals surface area contributed by atoms with Gasteiger partial charge >= 0.3 is 5.97 Å². The van der Waals surface area contributed by atoms with Crippen LogP contribution in [0.2, 0.25) is 0 Å². The van der Waals surface area contributed by atoms with E-state index in [2.05, 4.69) is 10.4 Å². The number of halogens is 3. The molecule has 32 heavy (non-hydrogen) atoms. The number of hydrogen-bond acceptors (Lipinski definition) is 4. The molecule has 0 radical (unpaired) electrons. The predicted octanol–water partition coefficient (Wildman–Crippen LogP) is 4.35. The second kappa shape index (κ2) is 8.86. The van der Waals surface area contributed by atoms with Crippen molar-refractivity contribution in [1.82, 2.24) is 9.78 Å². The van der Waals surface area contributed by atoms with Crippen molar-refractivity contribution < 1.29 is 27.5 Å². The third kappa shape index (κ3) is 4.23. The van der Waals surface area contributed by atoms with Gasteiger partial charge in [-0.1, -0.05) is 6.07 Å². The van der Waals surface area contributed by atoms with Gasteiger partial charge in [-0.15, -0.1) is 0 Å². The molecule has 9 heteroatoms. The highest BCUT2D eigenvalue weighted by Gasteiger charge is 2.29. The van der Waals surface area contributed by atoms with Crippen molar-refractivity contribution in [2.45, 2.75) is 38.7 Å². The van der Waals surface area contributed by atoms with Crippen molar-refractivity contribution in [2.75, 3.05) is 5.32 Å². The minimum Gasteiger partial charge on any atom is -0.448 e. The van der Waals surface area contributed by atoms with Gasteiger partial charge in [-0.25, -0.2) is 22.6 Å². The number of para-hydroxylation sites is 1. The Bertz CT molecular complexity index is 1150. The Morgan fingerprint density at radius 1 is 1.03 bits per heavy atom. The Kier molecular flexibility index (Phi) is 5.98. The molecule has 0 aliphatic heterocycles. The lowest BCUT2D eigenvalue weighted by Gasteiger charge is -2.15. The quantitative estimate of drug-likeness (QED) is 0.595. The summed E-state index contributed by atoms with van der Waals surface area (Å²) in [5, 5.41) is 6.49. The first-order chi connectivity index (χ1) is 15.3. The summed E-state index contributed by atoms with van der Waals surface area (Å²) in [6, 6.07) is 8.91. The van der Waals surface area contributed by atoms with E-state index in [9.17, 15) is 22.8 Å². The number of esters is 1. The van der Waals surface area contributed by atoms with Crippen LogP contribution in [0.1, 0.15) is 41.5 Å². The molecule has 0 spiro atoms. The Hall–Kier alpha value is -3.62. The smallest absolute Gasteiger partial charge is 0.359 e. The first-order valence-corrected chi connectivity index (χ1v) is 10.2. The molecule has 0 saturated heterocycles. The predicted molar refractivity (Wildman–Crippen MR) is 110 cm³/mol. The van der Waals surface area contributed by atoms with Gasteiger partial charge in [0.15, 0.2) is 11.8 Å². The van der Waals surface area contributed by atoms with Crippen molar-refractivity contribution in [3.05, 3.63) is 76.9 Å². The molecule has 1 aliphatic carbocycles. The van der Waals surface area contributed by atoms with Gasteiger partial charge in [0.25, 0.3) is 5.91 Å². The molecule has 1 heterocycles. The number of ether oxygens (including phenoxy) is 1. The third-order valence-corrected chi connectivity index (χ3v) is 5.31. The first kappa shape index (κ1) is 21.6. The molecule has 6 nitrogen and oxygen atoms in total. The second-order valence-electron chi connectivity index (χ2n) is 7.50. The standard InChI is InChI=1S/C23H20F3N3O3/c1-13(22(30)27-21-17(25)6-4-7-18(21)26)32-23(31)20-16-5-2-3-8-19(16)29(28-20)15-11-9-14(24)10-12-15/h4,6-7,9-13H,2-3,5,8H2,1H3,(H,27,30). The molecule has 4 rings (SSSR count). The summed E-state index contributed by atoms with van der Waals surface area (Å²) in [7, 11) is 0. The number of anilines is 1. The highest BCUT2D eigenvalue weighted by Crippen LogP contribution is 2.28. The minimum atomic E-state index is -1.32. The van der Waals surface area contributed by atoms with Crippen LogP contribution in [0, 0.1) is 17.5 Å². The van der Waals surface area contributed by atoms with Crippen LogP contribution >= 0.6 is 0 Å². The third-order valence-electron chi connectivity index (χ3n) is 5.31. The van der Waals surface area contributed by atoms with Crippen molar-refractivity contribution >= 4 is 17.6 Å². The van der Waals surface area contributed by atoms with E-state index in [1.165, 1.54) is 25.1 Å². The van der Waals surface area contributed by atoms with Crippen LogP contribution in [0.5, 0.6) is 0 Å². The topological polar surface area (TPSA) is 73.2 Å². The van der Waals surface area contributed by atoms with Gasteiger partial charge in [-0.3, -0.25) is 4.79 Å². The maximum atomic E-state index is 13.8. The fourth-order valence-corrected chi connectivity index (χ4v) is 3.67. The van der Waals surface area contributed by atoms with Crippen molar-refractivity contribution in [2.24, 2.45) is 0 Å². The van der Waals surface area contributed by atoms with Gasteiger partial charge in [0.1, 0.15) is 23.1 Å². The Morgan fingerprint density at radius 2 is 1.69 bits per heavy atom.